The van der Waals surface area contributed by atoms with Gasteiger partial charge in [-0.2, -0.15) is 0 Å². The minimum Gasteiger partial charge on any atom is -0.294 e. The first-order valence-corrected chi connectivity index (χ1v) is 5.33. The van der Waals surface area contributed by atoms with Crippen LogP contribution in [0.15, 0.2) is 9.17 Å². The standard InChI is InChI=1S/C8H8BrNOS/c1-10-2-5-6(7(11)3-10)4-12-8(5)9/h4H,2-3H2,1H3. The molecule has 0 radical (unpaired) electrons. The van der Waals surface area contributed by atoms with E-state index in [-0.39, 0.29) is 5.78 Å². The first kappa shape index (κ1) is 8.41. The third kappa shape index (κ3) is 1.24. The van der Waals surface area contributed by atoms with Crippen molar-refractivity contribution in [2.24, 2.45) is 0 Å². The fraction of sp³-hybridized carbons (Fsp3) is 0.375. The summed E-state index contributed by atoms with van der Waals surface area (Å²) in [5.74, 6) is 0.237. The lowest BCUT2D eigenvalue weighted by atomic mass is 10.1. The monoisotopic (exact) mass is 245 g/mol. The second kappa shape index (κ2) is 2.94. The highest BCUT2D eigenvalue weighted by Gasteiger charge is 2.23. The van der Waals surface area contributed by atoms with E-state index in [0.29, 0.717) is 6.54 Å². The number of rotatable bonds is 0. The number of thiophene rings is 1. The quantitative estimate of drug-likeness (QED) is 0.699. The van der Waals surface area contributed by atoms with Crippen LogP contribution in [0, 0.1) is 0 Å². The minimum absolute atomic E-state index is 0.237. The molecule has 2 nitrogen and oxygen atoms in total. The maximum absolute atomic E-state index is 11.5. The minimum atomic E-state index is 0.237. The van der Waals surface area contributed by atoms with E-state index in [9.17, 15) is 4.79 Å². The summed E-state index contributed by atoms with van der Waals surface area (Å²) in [6.45, 7) is 1.43. The summed E-state index contributed by atoms with van der Waals surface area (Å²) in [6.07, 6.45) is 0. The molecule has 0 spiro atoms. The van der Waals surface area contributed by atoms with Crippen molar-refractivity contribution in [3.05, 3.63) is 20.3 Å². The van der Waals surface area contributed by atoms with Gasteiger partial charge >= 0.3 is 0 Å². The number of Topliss-reactive ketones (excluding diaryl/α,β-unsaturated/α-hetero) is 1. The fourth-order valence-corrected chi connectivity index (χ4v) is 2.83. The molecule has 1 aliphatic rings. The molecule has 0 N–H and O–H groups in total. The zero-order chi connectivity index (χ0) is 8.72. The molecular formula is C8H8BrNOS. The van der Waals surface area contributed by atoms with Crippen molar-refractivity contribution < 1.29 is 4.79 Å². The predicted molar refractivity (Wildman–Crippen MR) is 52.7 cm³/mol. The maximum atomic E-state index is 11.5. The second-order valence-electron chi connectivity index (χ2n) is 3.00. The molecule has 0 aromatic carbocycles. The first-order chi connectivity index (χ1) is 5.68. The molecule has 0 bridgehead atoms. The van der Waals surface area contributed by atoms with Crippen molar-refractivity contribution in [2.75, 3.05) is 13.6 Å². The number of carbonyl (C=O) groups is 1. The third-order valence-corrected chi connectivity index (χ3v) is 3.83. The highest BCUT2D eigenvalue weighted by Crippen LogP contribution is 2.31. The van der Waals surface area contributed by atoms with Crippen LogP contribution in [-0.4, -0.2) is 24.3 Å². The molecule has 0 atom stereocenters. The number of hydrogen-bond donors (Lipinski definition) is 0. The van der Waals surface area contributed by atoms with Gasteiger partial charge in [0.2, 0.25) is 0 Å². The molecule has 2 heterocycles. The Labute approximate surface area is 83.3 Å². The molecule has 12 heavy (non-hydrogen) atoms. The van der Waals surface area contributed by atoms with Crippen molar-refractivity contribution >= 4 is 33.0 Å². The van der Waals surface area contributed by atoms with Crippen LogP contribution in [0.25, 0.3) is 0 Å². The Hall–Kier alpha value is -0.190. The molecule has 1 aromatic heterocycles. The number of likely N-dealkylation sites (N-methyl/N-ethyl adjacent to an activating group) is 1. The lowest BCUT2D eigenvalue weighted by Crippen LogP contribution is -2.31. The Morgan fingerprint density at radius 3 is 3.08 bits per heavy atom. The van der Waals surface area contributed by atoms with E-state index in [2.05, 4.69) is 15.9 Å². The van der Waals surface area contributed by atoms with E-state index >= 15 is 0 Å². The van der Waals surface area contributed by atoms with Crippen LogP contribution in [0.1, 0.15) is 15.9 Å². The van der Waals surface area contributed by atoms with Crippen LogP contribution in [0.3, 0.4) is 0 Å². The van der Waals surface area contributed by atoms with E-state index in [4.69, 9.17) is 0 Å². The molecule has 0 saturated heterocycles. The molecule has 1 aromatic rings. The molecule has 0 saturated carbocycles. The SMILES string of the molecule is CN1CC(=O)c2csc(Br)c2C1. The average molecular weight is 246 g/mol. The molecule has 64 valence electrons. The number of carbonyl (C=O) groups excluding carboxylic acids is 1. The number of nitrogens with zero attached hydrogens (tertiary/aromatic N) is 1. The van der Waals surface area contributed by atoms with E-state index in [1.54, 1.807) is 11.3 Å². The molecular weight excluding hydrogens is 238 g/mol. The highest BCUT2D eigenvalue weighted by atomic mass is 79.9. The van der Waals surface area contributed by atoms with Crippen molar-refractivity contribution in [2.45, 2.75) is 6.54 Å². The summed E-state index contributed by atoms with van der Waals surface area (Å²) in [4.78, 5) is 13.5. The van der Waals surface area contributed by atoms with Crippen molar-refractivity contribution in [1.29, 1.82) is 0 Å². The zero-order valence-electron chi connectivity index (χ0n) is 6.63. The molecule has 0 unspecified atom stereocenters. The van der Waals surface area contributed by atoms with Gasteiger partial charge in [-0.15, -0.1) is 11.3 Å². The van der Waals surface area contributed by atoms with E-state index < -0.39 is 0 Å². The molecule has 4 heteroatoms. The number of halogens is 1. The van der Waals surface area contributed by atoms with Gasteiger partial charge in [0.1, 0.15) is 0 Å². The van der Waals surface area contributed by atoms with Gasteiger partial charge in [0.25, 0.3) is 0 Å². The van der Waals surface area contributed by atoms with Gasteiger partial charge in [0.05, 0.1) is 10.3 Å². The van der Waals surface area contributed by atoms with Crippen LogP contribution in [0.4, 0.5) is 0 Å². The van der Waals surface area contributed by atoms with Gasteiger partial charge in [-0.25, -0.2) is 0 Å². The number of fused-ring (bicyclic) bond motifs is 1. The van der Waals surface area contributed by atoms with Crippen LogP contribution >= 0.6 is 27.3 Å². The zero-order valence-corrected chi connectivity index (χ0v) is 9.04. The molecule has 0 aliphatic carbocycles. The van der Waals surface area contributed by atoms with E-state index in [0.717, 1.165) is 21.5 Å². The van der Waals surface area contributed by atoms with Crippen LogP contribution in [0.5, 0.6) is 0 Å². The normalized spacial score (nSPS) is 18.0. The van der Waals surface area contributed by atoms with Crippen LogP contribution in [0.2, 0.25) is 0 Å². The molecule has 1 aliphatic heterocycles. The number of hydrogen-bond acceptors (Lipinski definition) is 3. The molecule has 0 amide bonds. The summed E-state index contributed by atoms with van der Waals surface area (Å²) in [5.41, 5.74) is 2.06. The maximum Gasteiger partial charge on any atom is 0.178 e. The average Bonchev–Trinajstić information content (AvgIpc) is 2.33. The Morgan fingerprint density at radius 2 is 2.33 bits per heavy atom. The Bertz CT molecular complexity index is 334. The Balaban J connectivity index is 2.50. The number of ketones is 1. The van der Waals surface area contributed by atoms with Crippen molar-refractivity contribution in [1.82, 2.24) is 4.90 Å². The van der Waals surface area contributed by atoms with Crippen LogP contribution in [-0.2, 0) is 6.54 Å². The van der Waals surface area contributed by atoms with Gasteiger partial charge in [-0.1, -0.05) is 0 Å². The Kier molecular flexibility index (Phi) is 2.06. The van der Waals surface area contributed by atoms with Gasteiger partial charge in [0, 0.05) is 23.1 Å². The predicted octanol–water partition coefficient (Wildman–Crippen LogP) is 2.14. The van der Waals surface area contributed by atoms with E-state index in [1.807, 2.05) is 17.3 Å². The Morgan fingerprint density at radius 1 is 1.58 bits per heavy atom. The lowest BCUT2D eigenvalue weighted by molar-refractivity contribution is 0.0923. The van der Waals surface area contributed by atoms with E-state index in [1.165, 1.54) is 0 Å². The summed E-state index contributed by atoms with van der Waals surface area (Å²) >= 11 is 5.04. The smallest absolute Gasteiger partial charge is 0.178 e. The summed E-state index contributed by atoms with van der Waals surface area (Å²) in [6, 6.07) is 0. The molecule has 2 rings (SSSR count). The topological polar surface area (TPSA) is 20.3 Å². The third-order valence-electron chi connectivity index (χ3n) is 1.98. The summed E-state index contributed by atoms with van der Waals surface area (Å²) in [7, 11) is 1.96. The van der Waals surface area contributed by atoms with Gasteiger partial charge in [-0.05, 0) is 23.0 Å². The van der Waals surface area contributed by atoms with Crippen LogP contribution < -0.4 is 0 Å². The first-order valence-electron chi connectivity index (χ1n) is 3.66. The van der Waals surface area contributed by atoms with Crippen molar-refractivity contribution in [3.63, 3.8) is 0 Å². The lowest BCUT2D eigenvalue weighted by Gasteiger charge is -2.21. The molecule has 0 fully saturated rings. The van der Waals surface area contributed by atoms with Gasteiger partial charge in [-0.3, -0.25) is 9.69 Å². The fourth-order valence-electron chi connectivity index (χ4n) is 1.40. The largest absolute Gasteiger partial charge is 0.294 e. The second-order valence-corrected chi connectivity index (χ2v) is 5.19. The summed E-state index contributed by atoms with van der Waals surface area (Å²) < 4.78 is 1.09. The highest BCUT2D eigenvalue weighted by molar-refractivity contribution is 9.11. The van der Waals surface area contributed by atoms with Gasteiger partial charge in [0.15, 0.2) is 5.78 Å². The van der Waals surface area contributed by atoms with Gasteiger partial charge < -0.3 is 0 Å². The summed E-state index contributed by atoms with van der Waals surface area (Å²) in [5, 5.41) is 1.94. The van der Waals surface area contributed by atoms with Crippen molar-refractivity contribution in [3.8, 4) is 0 Å².